The van der Waals surface area contributed by atoms with Gasteiger partial charge < -0.3 is 0 Å². The van der Waals surface area contributed by atoms with Crippen molar-refractivity contribution in [3.63, 3.8) is 0 Å². The van der Waals surface area contributed by atoms with Gasteiger partial charge in [-0.25, -0.2) is 0 Å². The molecule has 0 nitrogen and oxygen atoms in total. The molecule has 0 heterocycles. The van der Waals surface area contributed by atoms with Crippen molar-refractivity contribution in [1.29, 1.82) is 0 Å². The van der Waals surface area contributed by atoms with Crippen molar-refractivity contribution in [3.05, 3.63) is 12.2 Å². The molecule has 0 radical (unpaired) electrons. The zero-order chi connectivity index (χ0) is 7.68. The molecule has 0 spiro atoms. The molecular formula is C11H18. The predicted molar refractivity (Wildman–Crippen MR) is 48.4 cm³/mol. The monoisotopic (exact) mass is 150 g/mol. The third-order valence-corrected chi connectivity index (χ3v) is 3.41. The second-order valence-corrected chi connectivity index (χ2v) is 4.18. The molecule has 0 aromatic carbocycles. The van der Waals surface area contributed by atoms with Gasteiger partial charge in [0.1, 0.15) is 0 Å². The molecule has 11 heavy (non-hydrogen) atoms. The Balaban J connectivity index is 1.92. The quantitative estimate of drug-likeness (QED) is 0.529. The number of allylic oxidation sites excluding steroid dienone is 2. The van der Waals surface area contributed by atoms with E-state index in [-0.39, 0.29) is 0 Å². The van der Waals surface area contributed by atoms with Gasteiger partial charge in [-0.1, -0.05) is 25.5 Å². The van der Waals surface area contributed by atoms with Crippen LogP contribution in [0.15, 0.2) is 12.2 Å². The summed E-state index contributed by atoms with van der Waals surface area (Å²) in [5.74, 6) is 3.14. The van der Waals surface area contributed by atoms with Crippen molar-refractivity contribution < 1.29 is 0 Å². The fourth-order valence-electron chi connectivity index (χ4n) is 2.84. The lowest BCUT2D eigenvalue weighted by atomic mass is 9.88. The molecule has 0 aliphatic heterocycles. The first-order chi connectivity index (χ1) is 5.40. The van der Waals surface area contributed by atoms with Gasteiger partial charge >= 0.3 is 0 Å². The van der Waals surface area contributed by atoms with Crippen molar-refractivity contribution in [2.24, 2.45) is 17.8 Å². The first-order valence-electron chi connectivity index (χ1n) is 5.06. The maximum Gasteiger partial charge on any atom is -0.0202 e. The summed E-state index contributed by atoms with van der Waals surface area (Å²) in [4.78, 5) is 0. The minimum absolute atomic E-state index is 0.966. The van der Waals surface area contributed by atoms with Gasteiger partial charge in [-0.15, -0.1) is 0 Å². The molecule has 2 bridgehead atoms. The zero-order valence-corrected chi connectivity index (χ0v) is 7.42. The standard InChI is InChI=1S/C11H18/c1-2-3-4-10-7-9-5-6-11(10)8-9/h3-4,9-11H,2,5-8H2,1H3. The van der Waals surface area contributed by atoms with E-state index in [4.69, 9.17) is 0 Å². The van der Waals surface area contributed by atoms with Crippen LogP contribution in [-0.2, 0) is 0 Å². The van der Waals surface area contributed by atoms with Crippen LogP contribution in [0.5, 0.6) is 0 Å². The zero-order valence-electron chi connectivity index (χ0n) is 7.42. The van der Waals surface area contributed by atoms with Gasteiger partial charge in [0.25, 0.3) is 0 Å². The molecule has 0 aromatic heterocycles. The average Bonchev–Trinajstić information content (AvgIpc) is 2.60. The third-order valence-electron chi connectivity index (χ3n) is 3.41. The lowest BCUT2D eigenvalue weighted by Crippen LogP contribution is -2.06. The Kier molecular flexibility index (Phi) is 2.02. The second-order valence-electron chi connectivity index (χ2n) is 4.18. The summed E-state index contributed by atoms with van der Waals surface area (Å²) in [6.07, 6.45) is 12.1. The molecular weight excluding hydrogens is 132 g/mol. The van der Waals surface area contributed by atoms with Crippen molar-refractivity contribution in [2.75, 3.05) is 0 Å². The summed E-state index contributed by atoms with van der Waals surface area (Å²) in [6, 6.07) is 0. The minimum Gasteiger partial charge on any atom is -0.0885 e. The molecule has 2 saturated carbocycles. The number of hydrogen-bond acceptors (Lipinski definition) is 0. The molecule has 0 saturated heterocycles. The fraction of sp³-hybridized carbons (Fsp3) is 0.818. The van der Waals surface area contributed by atoms with Crippen LogP contribution in [0, 0.1) is 17.8 Å². The van der Waals surface area contributed by atoms with E-state index in [0.29, 0.717) is 0 Å². The van der Waals surface area contributed by atoms with Gasteiger partial charge in [0.2, 0.25) is 0 Å². The van der Waals surface area contributed by atoms with E-state index in [1.165, 1.54) is 25.7 Å². The van der Waals surface area contributed by atoms with E-state index in [0.717, 1.165) is 17.8 Å². The molecule has 2 aliphatic carbocycles. The Hall–Kier alpha value is -0.260. The molecule has 2 fully saturated rings. The average molecular weight is 150 g/mol. The predicted octanol–water partition coefficient (Wildman–Crippen LogP) is 3.39. The van der Waals surface area contributed by atoms with E-state index in [1.54, 1.807) is 6.42 Å². The van der Waals surface area contributed by atoms with E-state index in [2.05, 4.69) is 19.1 Å². The van der Waals surface area contributed by atoms with Crippen molar-refractivity contribution in [2.45, 2.75) is 39.0 Å². The third kappa shape index (κ3) is 1.36. The van der Waals surface area contributed by atoms with Crippen molar-refractivity contribution >= 4 is 0 Å². The van der Waals surface area contributed by atoms with Crippen LogP contribution in [-0.4, -0.2) is 0 Å². The molecule has 62 valence electrons. The maximum atomic E-state index is 2.48. The molecule has 3 unspecified atom stereocenters. The summed E-state index contributed by atoms with van der Waals surface area (Å²) in [5.41, 5.74) is 0. The minimum atomic E-state index is 0.966. The Bertz CT molecular complexity index is 157. The van der Waals surface area contributed by atoms with E-state index >= 15 is 0 Å². The highest BCUT2D eigenvalue weighted by Gasteiger charge is 2.37. The van der Waals surface area contributed by atoms with Crippen LogP contribution in [0.4, 0.5) is 0 Å². The second kappa shape index (κ2) is 3.00. The maximum absolute atomic E-state index is 2.48. The lowest BCUT2D eigenvalue weighted by Gasteiger charge is -2.17. The highest BCUT2D eigenvalue weighted by Crippen LogP contribution is 2.48. The summed E-state index contributed by atoms with van der Waals surface area (Å²) in [5, 5.41) is 0. The van der Waals surface area contributed by atoms with Gasteiger partial charge in [0.15, 0.2) is 0 Å². The van der Waals surface area contributed by atoms with Gasteiger partial charge in [-0.2, -0.15) is 0 Å². The van der Waals surface area contributed by atoms with Crippen LogP contribution >= 0.6 is 0 Å². The summed E-state index contributed by atoms with van der Waals surface area (Å²) >= 11 is 0. The van der Waals surface area contributed by atoms with Gasteiger partial charge in [-0.05, 0) is 43.4 Å². The van der Waals surface area contributed by atoms with Crippen molar-refractivity contribution in [1.82, 2.24) is 0 Å². The van der Waals surface area contributed by atoms with E-state index in [1.807, 2.05) is 0 Å². The molecule has 0 aromatic rings. The fourth-order valence-corrected chi connectivity index (χ4v) is 2.84. The Morgan fingerprint density at radius 3 is 2.73 bits per heavy atom. The van der Waals surface area contributed by atoms with Gasteiger partial charge in [-0.3, -0.25) is 0 Å². The molecule has 2 rings (SSSR count). The van der Waals surface area contributed by atoms with Crippen LogP contribution < -0.4 is 0 Å². The molecule has 0 heteroatoms. The molecule has 2 aliphatic rings. The van der Waals surface area contributed by atoms with Crippen LogP contribution in [0.3, 0.4) is 0 Å². The highest BCUT2D eigenvalue weighted by molar-refractivity contribution is 5.00. The Morgan fingerprint density at radius 1 is 1.27 bits per heavy atom. The Labute approximate surface area is 69.7 Å². The largest absolute Gasteiger partial charge is 0.0885 e. The smallest absolute Gasteiger partial charge is 0.0202 e. The normalized spacial score (nSPS) is 42.5. The van der Waals surface area contributed by atoms with Gasteiger partial charge in [0, 0.05) is 0 Å². The topological polar surface area (TPSA) is 0 Å². The molecule has 0 amide bonds. The van der Waals surface area contributed by atoms with Crippen LogP contribution in [0.2, 0.25) is 0 Å². The number of hydrogen-bond donors (Lipinski definition) is 0. The molecule has 3 atom stereocenters. The van der Waals surface area contributed by atoms with E-state index in [9.17, 15) is 0 Å². The summed E-state index contributed by atoms with van der Waals surface area (Å²) < 4.78 is 0. The van der Waals surface area contributed by atoms with Crippen LogP contribution in [0.1, 0.15) is 39.0 Å². The summed E-state index contributed by atoms with van der Waals surface area (Å²) in [6.45, 7) is 2.23. The van der Waals surface area contributed by atoms with Crippen molar-refractivity contribution in [3.8, 4) is 0 Å². The molecule has 0 N–H and O–H groups in total. The van der Waals surface area contributed by atoms with Crippen LogP contribution in [0.25, 0.3) is 0 Å². The SMILES string of the molecule is CCC=CC1CC2CCC1C2. The van der Waals surface area contributed by atoms with Gasteiger partial charge in [0.05, 0.1) is 0 Å². The Morgan fingerprint density at radius 2 is 2.18 bits per heavy atom. The van der Waals surface area contributed by atoms with E-state index < -0.39 is 0 Å². The lowest BCUT2D eigenvalue weighted by molar-refractivity contribution is 0.394. The first-order valence-corrected chi connectivity index (χ1v) is 5.06. The highest BCUT2D eigenvalue weighted by atomic mass is 14.4. The first kappa shape index (κ1) is 7.39. The number of fused-ring (bicyclic) bond motifs is 2. The number of rotatable bonds is 2. The summed E-state index contributed by atoms with van der Waals surface area (Å²) in [7, 11) is 0.